The Balaban J connectivity index is 1.46. The topological polar surface area (TPSA) is 66.9 Å². The fourth-order valence-corrected chi connectivity index (χ4v) is 4.52. The summed E-state index contributed by atoms with van der Waals surface area (Å²) in [5, 5.41) is 1.54. The van der Waals surface area contributed by atoms with Crippen molar-refractivity contribution in [3.63, 3.8) is 0 Å². The van der Waals surface area contributed by atoms with Crippen LogP contribution in [-0.2, 0) is 0 Å². The van der Waals surface area contributed by atoms with Gasteiger partial charge in [-0.25, -0.2) is 0 Å². The van der Waals surface area contributed by atoms with Crippen molar-refractivity contribution in [1.82, 2.24) is 4.90 Å². The second kappa shape index (κ2) is 9.06. The molecule has 0 bridgehead atoms. The molecule has 0 N–H and O–H groups in total. The molecule has 1 heterocycles. The predicted molar refractivity (Wildman–Crippen MR) is 135 cm³/mol. The van der Waals surface area contributed by atoms with Crippen molar-refractivity contribution in [1.29, 1.82) is 0 Å². The van der Waals surface area contributed by atoms with Crippen LogP contribution in [0.5, 0.6) is 5.75 Å². The number of anilines is 1. The summed E-state index contributed by atoms with van der Waals surface area (Å²) in [5.74, 6) is -0.264. The Bertz CT molecular complexity index is 1410. The monoisotopic (exact) mass is 464 g/mol. The molecule has 35 heavy (non-hydrogen) atoms. The lowest BCUT2D eigenvalue weighted by atomic mass is 9.94. The van der Waals surface area contributed by atoms with Gasteiger partial charge < -0.3 is 9.64 Å². The van der Waals surface area contributed by atoms with Gasteiger partial charge in [0.2, 0.25) is 0 Å². The van der Waals surface area contributed by atoms with Gasteiger partial charge in [-0.15, -0.1) is 0 Å². The highest BCUT2D eigenvalue weighted by atomic mass is 16.5. The lowest BCUT2D eigenvalue weighted by Gasteiger charge is -2.30. The van der Waals surface area contributed by atoms with Gasteiger partial charge in [0.25, 0.3) is 17.7 Å². The van der Waals surface area contributed by atoms with Crippen molar-refractivity contribution in [3.05, 3.63) is 107 Å². The van der Waals surface area contributed by atoms with Gasteiger partial charge in [0.05, 0.1) is 7.11 Å². The average molecular weight is 465 g/mol. The molecule has 0 fully saturated rings. The number of hydrogen-bond donors (Lipinski definition) is 0. The molecule has 174 valence electrons. The number of imide groups is 1. The minimum atomic E-state index is -0.347. The van der Waals surface area contributed by atoms with Gasteiger partial charge in [0.15, 0.2) is 0 Å². The molecule has 0 aromatic heterocycles. The summed E-state index contributed by atoms with van der Waals surface area (Å²) in [7, 11) is 1.57. The van der Waals surface area contributed by atoms with Gasteiger partial charge in [-0.3, -0.25) is 19.3 Å². The largest absolute Gasteiger partial charge is 0.497 e. The first-order chi connectivity index (χ1) is 17.0. The Morgan fingerprint density at radius 2 is 1.49 bits per heavy atom. The first-order valence-corrected chi connectivity index (χ1v) is 11.4. The summed E-state index contributed by atoms with van der Waals surface area (Å²) < 4.78 is 5.21. The summed E-state index contributed by atoms with van der Waals surface area (Å²) in [5.41, 5.74) is 3.19. The molecule has 5 rings (SSSR count). The molecule has 4 aromatic carbocycles. The molecule has 0 radical (unpaired) electrons. The maximum Gasteiger partial charge on any atom is 0.261 e. The van der Waals surface area contributed by atoms with Crippen LogP contribution in [0.15, 0.2) is 84.9 Å². The van der Waals surface area contributed by atoms with Crippen molar-refractivity contribution >= 4 is 34.2 Å². The van der Waals surface area contributed by atoms with E-state index in [1.54, 1.807) is 48.4 Å². The van der Waals surface area contributed by atoms with E-state index in [0.717, 1.165) is 10.9 Å². The minimum Gasteiger partial charge on any atom is -0.497 e. The van der Waals surface area contributed by atoms with Gasteiger partial charge >= 0.3 is 0 Å². The van der Waals surface area contributed by atoms with Crippen LogP contribution in [-0.4, -0.2) is 42.8 Å². The summed E-state index contributed by atoms with van der Waals surface area (Å²) in [4.78, 5) is 43.0. The number of methoxy groups -OCH3 is 1. The molecular weight excluding hydrogens is 440 g/mol. The number of carbonyl (C=O) groups excluding carboxylic acids is 3. The standard InChI is InChI=1S/C29H24N2O4/c1-19-6-3-9-22(18-19)30(27(32)21-12-14-23(35-2)15-13-21)16-17-31-28(33)24-10-4-7-20-8-5-11-25(26(20)24)29(31)34/h3-15,18H,16-17H2,1-2H3. The van der Waals surface area contributed by atoms with E-state index in [0.29, 0.717) is 33.5 Å². The SMILES string of the molecule is COc1ccc(C(=O)N(CCN2C(=O)c3cccc4cccc(c34)C2=O)c2cccc(C)c2)cc1. The molecule has 0 saturated heterocycles. The second-order valence-corrected chi connectivity index (χ2v) is 8.50. The third-order valence-electron chi connectivity index (χ3n) is 6.30. The van der Waals surface area contributed by atoms with Crippen LogP contribution >= 0.6 is 0 Å². The molecule has 1 aliphatic heterocycles. The van der Waals surface area contributed by atoms with E-state index in [4.69, 9.17) is 4.74 Å². The Hall–Kier alpha value is -4.45. The molecule has 0 unspecified atom stereocenters. The summed E-state index contributed by atoms with van der Waals surface area (Å²) >= 11 is 0. The van der Waals surface area contributed by atoms with Crippen molar-refractivity contribution < 1.29 is 19.1 Å². The van der Waals surface area contributed by atoms with Gasteiger partial charge in [0, 0.05) is 40.9 Å². The molecule has 6 heteroatoms. The molecular formula is C29H24N2O4. The molecule has 0 aliphatic carbocycles. The number of amides is 3. The number of ether oxygens (including phenoxy) is 1. The number of benzene rings is 4. The van der Waals surface area contributed by atoms with Crippen molar-refractivity contribution in [2.24, 2.45) is 0 Å². The number of nitrogens with zero attached hydrogens (tertiary/aromatic N) is 2. The Morgan fingerprint density at radius 1 is 0.857 bits per heavy atom. The lowest BCUT2D eigenvalue weighted by molar-refractivity contribution is 0.0611. The van der Waals surface area contributed by atoms with Gasteiger partial charge in [-0.1, -0.05) is 36.4 Å². The van der Waals surface area contributed by atoms with Crippen molar-refractivity contribution in [3.8, 4) is 5.75 Å². The molecule has 0 saturated carbocycles. The van der Waals surface area contributed by atoms with Crippen LogP contribution in [0.2, 0.25) is 0 Å². The molecule has 3 amide bonds. The van der Waals surface area contributed by atoms with Crippen LogP contribution in [0, 0.1) is 6.92 Å². The van der Waals surface area contributed by atoms with E-state index >= 15 is 0 Å². The van der Waals surface area contributed by atoms with Crippen molar-refractivity contribution in [2.75, 3.05) is 25.1 Å². The van der Waals surface area contributed by atoms with Crippen LogP contribution < -0.4 is 9.64 Å². The highest BCUT2D eigenvalue weighted by molar-refractivity contribution is 6.25. The maximum absolute atomic E-state index is 13.5. The second-order valence-electron chi connectivity index (χ2n) is 8.50. The van der Waals surface area contributed by atoms with E-state index in [1.807, 2.05) is 55.5 Å². The summed E-state index contributed by atoms with van der Waals surface area (Å²) in [6.45, 7) is 2.18. The normalized spacial score (nSPS) is 12.7. The zero-order valence-electron chi connectivity index (χ0n) is 19.5. The maximum atomic E-state index is 13.5. The molecule has 6 nitrogen and oxygen atoms in total. The first kappa shape index (κ1) is 22.3. The average Bonchev–Trinajstić information content (AvgIpc) is 2.89. The number of aryl methyl sites for hydroxylation is 1. The summed E-state index contributed by atoms with van der Waals surface area (Å²) in [6.07, 6.45) is 0. The quantitative estimate of drug-likeness (QED) is 0.373. The Kier molecular flexibility index (Phi) is 5.79. The molecule has 1 aliphatic rings. The van der Waals surface area contributed by atoms with E-state index in [1.165, 1.54) is 4.90 Å². The van der Waals surface area contributed by atoms with Crippen LogP contribution in [0.25, 0.3) is 10.8 Å². The molecule has 4 aromatic rings. The van der Waals surface area contributed by atoms with Crippen LogP contribution in [0.4, 0.5) is 5.69 Å². The smallest absolute Gasteiger partial charge is 0.261 e. The number of hydrogen-bond acceptors (Lipinski definition) is 4. The number of carbonyl (C=O) groups is 3. The third-order valence-corrected chi connectivity index (χ3v) is 6.30. The highest BCUT2D eigenvalue weighted by Gasteiger charge is 2.33. The highest BCUT2D eigenvalue weighted by Crippen LogP contribution is 2.30. The Labute approximate surface area is 203 Å². The third kappa shape index (κ3) is 4.04. The van der Waals surface area contributed by atoms with E-state index in [-0.39, 0.29) is 30.8 Å². The predicted octanol–water partition coefficient (Wildman–Crippen LogP) is 5.10. The van der Waals surface area contributed by atoms with E-state index in [9.17, 15) is 14.4 Å². The van der Waals surface area contributed by atoms with Crippen molar-refractivity contribution in [2.45, 2.75) is 6.92 Å². The minimum absolute atomic E-state index is 0.0677. The lowest BCUT2D eigenvalue weighted by Crippen LogP contribution is -2.46. The fourth-order valence-electron chi connectivity index (χ4n) is 4.52. The zero-order chi connectivity index (χ0) is 24.5. The van der Waals surface area contributed by atoms with Crippen LogP contribution in [0.3, 0.4) is 0 Å². The molecule has 0 spiro atoms. The Morgan fingerprint density at radius 3 is 2.09 bits per heavy atom. The first-order valence-electron chi connectivity index (χ1n) is 11.4. The zero-order valence-corrected chi connectivity index (χ0v) is 19.5. The van der Waals surface area contributed by atoms with Gasteiger partial charge in [0.1, 0.15) is 5.75 Å². The summed E-state index contributed by atoms with van der Waals surface area (Å²) in [6, 6.07) is 25.4. The van der Waals surface area contributed by atoms with E-state index < -0.39 is 0 Å². The molecule has 0 atom stereocenters. The van der Waals surface area contributed by atoms with E-state index in [2.05, 4.69) is 0 Å². The van der Waals surface area contributed by atoms with Gasteiger partial charge in [-0.2, -0.15) is 0 Å². The van der Waals surface area contributed by atoms with Gasteiger partial charge in [-0.05, 0) is 66.4 Å². The number of rotatable bonds is 6. The fraction of sp³-hybridized carbons (Fsp3) is 0.138. The van der Waals surface area contributed by atoms with Crippen LogP contribution in [0.1, 0.15) is 36.6 Å².